The highest BCUT2D eigenvalue weighted by atomic mass is 35.5. The number of hydrogen-bond acceptors (Lipinski definition) is 8. The molecule has 50 heavy (non-hydrogen) atoms. The molecule has 12 nitrogen and oxygen atoms in total. The number of aromatic hydroxyl groups is 1. The van der Waals surface area contributed by atoms with Crippen LogP contribution in [-0.4, -0.2) is 72.3 Å². The van der Waals surface area contributed by atoms with Gasteiger partial charge in [0, 0.05) is 41.9 Å². The first-order valence-corrected chi connectivity index (χ1v) is 16.4. The topological polar surface area (TPSA) is 144 Å². The number of ether oxygens (including phenoxy) is 1. The number of nitrogens with zero attached hydrogens (tertiary/aromatic N) is 6. The molecule has 3 aromatic heterocycles. The van der Waals surface area contributed by atoms with Gasteiger partial charge in [-0.05, 0) is 61.4 Å². The second-order valence-corrected chi connectivity index (χ2v) is 13.3. The Morgan fingerprint density at radius 1 is 1.18 bits per heavy atom. The maximum Gasteiger partial charge on any atom is 0.419 e. The smallest absolute Gasteiger partial charge is 0.419 e. The van der Waals surface area contributed by atoms with Crippen LogP contribution >= 0.6 is 11.6 Å². The average Bonchev–Trinajstić information content (AvgIpc) is 3.69. The number of anilines is 1. The Kier molecular flexibility index (Phi) is 7.52. The van der Waals surface area contributed by atoms with Crippen LogP contribution in [0.15, 0.2) is 41.3 Å². The van der Waals surface area contributed by atoms with Crippen LogP contribution in [0.4, 0.5) is 23.2 Å². The summed E-state index contributed by atoms with van der Waals surface area (Å²) in [6, 6.07) is 4.30. The summed E-state index contributed by atoms with van der Waals surface area (Å²) in [5.41, 5.74) is -1.09. The lowest BCUT2D eigenvalue weighted by Crippen LogP contribution is -2.48. The van der Waals surface area contributed by atoms with Crippen molar-refractivity contribution in [3.63, 3.8) is 0 Å². The van der Waals surface area contributed by atoms with E-state index in [4.69, 9.17) is 16.3 Å². The number of pyridine rings is 1. The van der Waals surface area contributed by atoms with E-state index in [9.17, 15) is 37.1 Å². The fourth-order valence-corrected chi connectivity index (χ4v) is 8.09. The molecule has 5 heterocycles. The molecule has 1 saturated heterocycles. The minimum Gasteiger partial charge on any atom is -0.505 e. The number of fused-ring (bicyclic) bond motifs is 6. The SMILES string of the molecule is O=C(Cn1c2c(c(=O)n3nc(C4=CCOCC4)nc13)C1(CCN(C(=O)c3ncccc3O)CC1)[C@@H]1C[C@H]21)Nc1ccc(C(F)(F)F)c(F)c1Cl. The molecular formula is C33H28ClF4N7O5. The van der Waals surface area contributed by atoms with Gasteiger partial charge in [-0.2, -0.15) is 22.7 Å². The number of carbonyl (C=O) groups excluding carboxylic acids is 2. The Balaban J connectivity index is 1.17. The second-order valence-electron chi connectivity index (χ2n) is 13.0. The number of likely N-dealkylation sites (tertiary alicyclic amines) is 1. The van der Waals surface area contributed by atoms with Crippen LogP contribution in [0.3, 0.4) is 0 Å². The molecular weight excluding hydrogens is 686 g/mol. The number of hydrogen-bond donors (Lipinski definition) is 2. The van der Waals surface area contributed by atoms with Gasteiger partial charge in [-0.25, -0.2) is 9.37 Å². The number of carbonyl (C=O) groups is 2. The number of benzene rings is 1. The van der Waals surface area contributed by atoms with Gasteiger partial charge in [-0.3, -0.25) is 14.4 Å². The molecule has 1 aromatic carbocycles. The minimum atomic E-state index is -4.98. The molecule has 2 atom stereocenters. The number of aromatic nitrogens is 5. The minimum absolute atomic E-state index is 0.0553. The summed E-state index contributed by atoms with van der Waals surface area (Å²) in [4.78, 5) is 51.5. The van der Waals surface area contributed by atoms with E-state index >= 15 is 0 Å². The van der Waals surface area contributed by atoms with Crippen molar-refractivity contribution in [2.24, 2.45) is 5.92 Å². The van der Waals surface area contributed by atoms with E-state index in [1.54, 1.807) is 9.47 Å². The van der Waals surface area contributed by atoms with Gasteiger partial charge < -0.3 is 24.6 Å². The Bertz CT molecular complexity index is 2190. The van der Waals surface area contributed by atoms with E-state index in [-0.39, 0.29) is 40.3 Å². The molecule has 260 valence electrons. The van der Waals surface area contributed by atoms with Crippen molar-refractivity contribution in [1.82, 2.24) is 29.0 Å². The molecule has 2 fully saturated rings. The van der Waals surface area contributed by atoms with Crippen LogP contribution in [0, 0.1) is 11.7 Å². The molecule has 8 rings (SSSR count). The van der Waals surface area contributed by atoms with Crippen molar-refractivity contribution in [2.45, 2.75) is 49.7 Å². The van der Waals surface area contributed by atoms with Crippen LogP contribution < -0.4 is 10.9 Å². The van der Waals surface area contributed by atoms with E-state index in [1.165, 1.54) is 22.8 Å². The zero-order chi connectivity index (χ0) is 35.1. The number of alkyl halides is 3. The predicted molar refractivity (Wildman–Crippen MR) is 169 cm³/mol. The molecule has 2 amide bonds. The van der Waals surface area contributed by atoms with Gasteiger partial charge in [-0.15, -0.1) is 5.10 Å². The summed E-state index contributed by atoms with van der Waals surface area (Å²) < 4.78 is 62.5. The lowest BCUT2D eigenvalue weighted by atomic mass is 9.71. The summed E-state index contributed by atoms with van der Waals surface area (Å²) in [5.74, 6) is -2.71. The highest BCUT2D eigenvalue weighted by Gasteiger charge is 2.64. The van der Waals surface area contributed by atoms with Crippen molar-refractivity contribution < 1.29 is 37.0 Å². The molecule has 0 bridgehead atoms. The molecule has 1 spiro atoms. The van der Waals surface area contributed by atoms with Gasteiger partial charge >= 0.3 is 6.18 Å². The van der Waals surface area contributed by atoms with E-state index < -0.39 is 46.4 Å². The zero-order valence-corrected chi connectivity index (χ0v) is 26.9. The highest BCUT2D eigenvalue weighted by Crippen LogP contribution is 2.67. The zero-order valence-electron chi connectivity index (χ0n) is 26.1. The molecule has 0 unspecified atom stereocenters. The first kappa shape index (κ1) is 32.4. The number of rotatable bonds is 5. The number of halogens is 5. The Hall–Kier alpha value is -4.83. The van der Waals surface area contributed by atoms with E-state index in [1.807, 2.05) is 6.08 Å². The first-order valence-electron chi connectivity index (χ1n) is 16.0. The van der Waals surface area contributed by atoms with Gasteiger partial charge in [0.15, 0.2) is 17.3 Å². The predicted octanol–water partition coefficient (Wildman–Crippen LogP) is 4.54. The van der Waals surface area contributed by atoms with Gasteiger partial charge in [0.05, 0.1) is 24.5 Å². The van der Waals surface area contributed by atoms with E-state index in [0.29, 0.717) is 68.7 Å². The first-order chi connectivity index (χ1) is 23.9. The largest absolute Gasteiger partial charge is 0.505 e. The average molecular weight is 714 g/mol. The molecule has 0 radical (unpaired) electrons. The third-order valence-corrected chi connectivity index (χ3v) is 10.6. The quantitative estimate of drug-likeness (QED) is 0.287. The van der Waals surface area contributed by atoms with Crippen molar-refractivity contribution in [1.29, 1.82) is 0 Å². The number of piperidine rings is 1. The van der Waals surface area contributed by atoms with Crippen molar-refractivity contribution in [2.75, 3.05) is 31.6 Å². The van der Waals surface area contributed by atoms with Gasteiger partial charge in [0.2, 0.25) is 11.7 Å². The molecule has 4 aromatic rings. The Morgan fingerprint density at radius 3 is 2.66 bits per heavy atom. The van der Waals surface area contributed by atoms with Gasteiger partial charge in [0.25, 0.3) is 11.5 Å². The van der Waals surface area contributed by atoms with Crippen LogP contribution in [-0.2, 0) is 27.7 Å². The van der Waals surface area contributed by atoms with Crippen molar-refractivity contribution in [3.8, 4) is 5.75 Å². The normalized spacial score (nSPS) is 20.8. The van der Waals surface area contributed by atoms with Gasteiger partial charge in [-0.1, -0.05) is 17.7 Å². The Labute approximate surface area is 285 Å². The maximum absolute atomic E-state index is 14.6. The molecule has 2 aliphatic heterocycles. The van der Waals surface area contributed by atoms with E-state index in [0.717, 1.165) is 18.1 Å². The maximum atomic E-state index is 14.6. The van der Waals surface area contributed by atoms with Crippen molar-refractivity contribution in [3.05, 3.63) is 86.1 Å². The van der Waals surface area contributed by atoms with Crippen LogP contribution in [0.5, 0.6) is 5.75 Å². The second kappa shape index (κ2) is 11.6. The number of nitrogens with one attached hydrogen (secondary N) is 1. The van der Waals surface area contributed by atoms with Crippen LogP contribution in [0.1, 0.15) is 64.7 Å². The van der Waals surface area contributed by atoms with Crippen LogP contribution in [0.2, 0.25) is 5.02 Å². The summed E-state index contributed by atoms with van der Waals surface area (Å²) in [5, 5.41) is 16.3. The lowest BCUT2D eigenvalue weighted by molar-refractivity contribution is -0.139. The Morgan fingerprint density at radius 2 is 1.96 bits per heavy atom. The molecule has 4 aliphatic rings. The van der Waals surface area contributed by atoms with Crippen molar-refractivity contribution >= 4 is 40.5 Å². The number of amides is 2. The van der Waals surface area contributed by atoms with Crippen LogP contribution in [0.25, 0.3) is 11.4 Å². The molecule has 2 N–H and O–H groups in total. The third-order valence-electron chi connectivity index (χ3n) is 10.3. The standard InChI is InChI=1S/C33H28ClF4N7O5/c34-24-20(4-3-18(25(24)35)33(36,37)38)40-22(47)15-44-27-17-14-19(17)32(7-10-43(11-8-32)30(49)26-21(46)2-1-9-39-26)23(27)29(48)45-31(44)41-28(42-45)16-5-12-50-13-6-16/h1-5,9,17,19,46H,6-8,10-15H2,(H,40,47)/t17-,19+/m0/s1. The summed E-state index contributed by atoms with van der Waals surface area (Å²) in [6.45, 7) is 0.949. The highest BCUT2D eigenvalue weighted by molar-refractivity contribution is 6.34. The van der Waals surface area contributed by atoms with Gasteiger partial charge in [0.1, 0.15) is 17.3 Å². The summed E-state index contributed by atoms with van der Waals surface area (Å²) >= 11 is 5.93. The molecule has 1 saturated carbocycles. The van der Waals surface area contributed by atoms with E-state index in [2.05, 4.69) is 20.4 Å². The fourth-order valence-electron chi connectivity index (χ4n) is 7.88. The molecule has 2 aliphatic carbocycles. The lowest BCUT2D eigenvalue weighted by Gasteiger charge is -2.41. The summed E-state index contributed by atoms with van der Waals surface area (Å²) in [7, 11) is 0. The molecule has 17 heteroatoms. The summed E-state index contributed by atoms with van der Waals surface area (Å²) in [6.07, 6.45) is 0.389. The fraction of sp³-hybridized carbons (Fsp3) is 0.394. The monoisotopic (exact) mass is 713 g/mol. The third kappa shape index (κ3) is 5.06.